The van der Waals surface area contributed by atoms with E-state index in [4.69, 9.17) is 9.26 Å². The minimum atomic E-state index is -0.595. The van der Waals surface area contributed by atoms with Crippen molar-refractivity contribution >= 4 is 27.7 Å². The van der Waals surface area contributed by atoms with E-state index in [1.54, 1.807) is 32.2 Å². The smallest absolute Gasteiger partial charge is 0.412 e. The Hall–Kier alpha value is -2.67. The highest BCUT2D eigenvalue weighted by molar-refractivity contribution is 9.10. The molecule has 0 aliphatic rings. The van der Waals surface area contributed by atoms with Crippen LogP contribution in [-0.4, -0.2) is 16.2 Å². The summed E-state index contributed by atoms with van der Waals surface area (Å²) in [6, 6.07) is 13.0. The minimum absolute atomic E-state index is 0.475. The molecule has 128 valence electrons. The fourth-order valence-electron chi connectivity index (χ4n) is 2.28. The van der Waals surface area contributed by atoms with Gasteiger partial charge in [-0.1, -0.05) is 27.2 Å². The molecule has 6 nitrogen and oxygen atoms in total. The van der Waals surface area contributed by atoms with Crippen LogP contribution in [-0.2, 0) is 4.74 Å². The van der Waals surface area contributed by atoms with Crippen molar-refractivity contribution in [1.29, 1.82) is 0 Å². The van der Waals surface area contributed by atoms with Gasteiger partial charge in [0.15, 0.2) is 5.76 Å². The molecule has 0 spiro atoms. The molecule has 1 amide bonds. The molecule has 25 heavy (non-hydrogen) atoms. The quantitative estimate of drug-likeness (QED) is 0.656. The lowest BCUT2D eigenvalue weighted by Crippen LogP contribution is -2.17. The number of aromatic nitrogens is 2. The first kappa shape index (κ1) is 17.2. The van der Waals surface area contributed by atoms with Crippen LogP contribution in [0.3, 0.4) is 0 Å². The van der Waals surface area contributed by atoms with Crippen molar-refractivity contribution in [2.75, 3.05) is 5.32 Å². The lowest BCUT2D eigenvalue weighted by molar-refractivity contribution is 0.119. The van der Waals surface area contributed by atoms with Gasteiger partial charge in [0.05, 0.1) is 5.69 Å². The largest absolute Gasteiger partial charge is 0.440 e. The average molecular weight is 402 g/mol. The second-order valence-electron chi connectivity index (χ2n) is 5.41. The maximum absolute atomic E-state index is 12.2. The van der Waals surface area contributed by atoms with Crippen LogP contribution in [0.1, 0.15) is 24.4 Å². The predicted molar refractivity (Wildman–Crippen MR) is 97.1 cm³/mol. The number of halogens is 1. The van der Waals surface area contributed by atoms with Gasteiger partial charge in [-0.05, 0) is 50.2 Å². The molecule has 2 aromatic heterocycles. The summed E-state index contributed by atoms with van der Waals surface area (Å²) in [5, 5.41) is 6.65. The van der Waals surface area contributed by atoms with E-state index < -0.39 is 12.2 Å². The Morgan fingerprint density at radius 2 is 2.00 bits per heavy atom. The van der Waals surface area contributed by atoms with Gasteiger partial charge in [0.2, 0.25) is 0 Å². The number of hydrogen-bond acceptors (Lipinski definition) is 5. The van der Waals surface area contributed by atoms with E-state index in [0.29, 0.717) is 22.8 Å². The molecule has 0 bridgehead atoms. The molecular weight excluding hydrogens is 386 g/mol. The van der Waals surface area contributed by atoms with Crippen molar-refractivity contribution in [3.05, 3.63) is 64.5 Å². The lowest BCUT2D eigenvalue weighted by atomic mass is 10.1. The number of rotatable bonds is 4. The fraction of sp³-hybridized carbons (Fsp3) is 0.167. The average Bonchev–Trinajstić information content (AvgIpc) is 2.97. The number of carbonyl (C=O) groups excluding carboxylic acids is 1. The standard InChI is InChI=1S/C18H16BrN3O3/c1-11-16(17(25-22-11)13-6-8-14(19)9-7-13)21-18(23)24-12(2)15-5-3-4-10-20-15/h3-10,12H,1-2H3,(H,21,23)/t12-/m1/s1. The third-order valence-corrected chi connectivity index (χ3v) is 4.11. The van der Waals surface area contributed by atoms with E-state index >= 15 is 0 Å². The Morgan fingerprint density at radius 3 is 2.68 bits per heavy atom. The molecule has 0 fully saturated rings. The highest BCUT2D eigenvalue weighted by Crippen LogP contribution is 2.32. The molecule has 1 aromatic carbocycles. The zero-order chi connectivity index (χ0) is 17.8. The van der Waals surface area contributed by atoms with Gasteiger partial charge < -0.3 is 9.26 Å². The molecule has 0 radical (unpaired) electrons. The summed E-state index contributed by atoms with van der Waals surface area (Å²) in [6.45, 7) is 3.52. The normalized spacial score (nSPS) is 11.8. The van der Waals surface area contributed by atoms with E-state index in [1.165, 1.54) is 0 Å². The molecule has 0 saturated carbocycles. The molecule has 0 aliphatic heterocycles. The molecule has 0 saturated heterocycles. The number of aryl methyl sites for hydroxylation is 1. The second-order valence-corrected chi connectivity index (χ2v) is 6.32. The maximum Gasteiger partial charge on any atom is 0.412 e. The third-order valence-electron chi connectivity index (χ3n) is 3.58. The molecule has 0 aliphatic carbocycles. The molecule has 1 atom stereocenters. The number of ether oxygens (including phenoxy) is 1. The van der Waals surface area contributed by atoms with Crippen molar-refractivity contribution in [3.8, 4) is 11.3 Å². The van der Waals surface area contributed by atoms with E-state index in [-0.39, 0.29) is 0 Å². The number of benzene rings is 1. The summed E-state index contributed by atoms with van der Waals surface area (Å²) in [5.74, 6) is 0.479. The number of nitrogens with one attached hydrogen (secondary N) is 1. The van der Waals surface area contributed by atoms with Crippen LogP contribution in [0.2, 0.25) is 0 Å². The summed E-state index contributed by atoms with van der Waals surface area (Å²) < 4.78 is 11.7. The van der Waals surface area contributed by atoms with Gasteiger partial charge in [-0.15, -0.1) is 0 Å². The molecule has 7 heteroatoms. The molecule has 1 N–H and O–H groups in total. The van der Waals surface area contributed by atoms with Crippen LogP contribution in [0.25, 0.3) is 11.3 Å². The maximum atomic E-state index is 12.2. The van der Waals surface area contributed by atoms with Crippen LogP contribution in [0.15, 0.2) is 57.7 Å². The van der Waals surface area contributed by atoms with Gasteiger partial charge >= 0.3 is 6.09 Å². The SMILES string of the molecule is Cc1noc(-c2ccc(Br)cc2)c1NC(=O)O[C@H](C)c1ccccn1. The van der Waals surface area contributed by atoms with Crippen molar-refractivity contribution in [2.24, 2.45) is 0 Å². The van der Waals surface area contributed by atoms with E-state index in [9.17, 15) is 4.79 Å². The zero-order valence-electron chi connectivity index (χ0n) is 13.7. The van der Waals surface area contributed by atoms with Crippen LogP contribution in [0.4, 0.5) is 10.5 Å². The van der Waals surface area contributed by atoms with Crippen LogP contribution >= 0.6 is 15.9 Å². The molecule has 3 aromatic rings. The molecular formula is C18H16BrN3O3. The summed E-state index contributed by atoms with van der Waals surface area (Å²) in [4.78, 5) is 16.4. The molecule has 3 rings (SSSR count). The van der Waals surface area contributed by atoms with E-state index in [0.717, 1.165) is 10.0 Å². The topological polar surface area (TPSA) is 77.2 Å². The number of nitrogens with zero attached hydrogens (tertiary/aromatic N) is 2. The zero-order valence-corrected chi connectivity index (χ0v) is 15.3. The monoisotopic (exact) mass is 401 g/mol. The second kappa shape index (κ2) is 7.48. The summed E-state index contributed by atoms with van der Waals surface area (Å²) in [5.41, 5.74) is 2.53. The van der Waals surface area contributed by atoms with Crippen molar-refractivity contribution < 1.29 is 14.1 Å². The Balaban J connectivity index is 1.75. The summed E-state index contributed by atoms with van der Waals surface area (Å²) >= 11 is 3.39. The number of amides is 1. The highest BCUT2D eigenvalue weighted by Gasteiger charge is 2.20. The predicted octanol–water partition coefficient (Wildman–Crippen LogP) is 5.12. The molecule has 2 heterocycles. The van der Waals surface area contributed by atoms with E-state index in [1.807, 2.05) is 30.3 Å². The van der Waals surface area contributed by atoms with E-state index in [2.05, 4.69) is 31.4 Å². The first-order valence-corrected chi connectivity index (χ1v) is 8.44. The number of hydrogen-bond donors (Lipinski definition) is 1. The van der Waals surface area contributed by atoms with Crippen LogP contribution in [0.5, 0.6) is 0 Å². The Bertz CT molecular complexity index is 863. The first-order chi connectivity index (χ1) is 12.0. The highest BCUT2D eigenvalue weighted by atomic mass is 79.9. The lowest BCUT2D eigenvalue weighted by Gasteiger charge is -2.13. The first-order valence-electron chi connectivity index (χ1n) is 7.65. The number of pyridine rings is 1. The van der Waals surface area contributed by atoms with Crippen molar-refractivity contribution in [3.63, 3.8) is 0 Å². The van der Waals surface area contributed by atoms with Crippen LogP contribution < -0.4 is 5.32 Å². The van der Waals surface area contributed by atoms with Crippen molar-refractivity contribution in [2.45, 2.75) is 20.0 Å². The van der Waals surface area contributed by atoms with Gasteiger partial charge in [0.1, 0.15) is 17.5 Å². The fourth-order valence-corrected chi connectivity index (χ4v) is 2.55. The van der Waals surface area contributed by atoms with Crippen molar-refractivity contribution in [1.82, 2.24) is 10.1 Å². The third kappa shape index (κ3) is 4.06. The van der Waals surface area contributed by atoms with Gasteiger partial charge in [-0.25, -0.2) is 4.79 Å². The Labute approximate surface area is 153 Å². The van der Waals surface area contributed by atoms with Gasteiger partial charge in [-0.3, -0.25) is 10.3 Å². The number of carbonyl (C=O) groups is 1. The van der Waals surface area contributed by atoms with Gasteiger partial charge in [0, 0.05) is 16.2 Å². The summed E-state index contributed by atoms with van der Waals surface area (Å²) in [7, 11) is 0. The van der Waals surface area contributed by atoms with Crippen LogP contribution in [0, 0.1) is 6.92 Å². The molecule has 0 unspecified atom stereocenters. The Morgan fingerprint density at radius 1 is 1.24 bits per heavy atom. The van der Waals surface area contributed by atoms with Gasteiger partial charge in [-0.2, -0.15) is 0 Å². The summed E-state index contributed by atoms with van der Waals surface area (Å²) in [6.07, 6.45) is 0.586. The number of anilines is 1. The van der Waals surface area contributed by atoms with Gasteiger partial charge in [0.25, 0.3) is 0 Å². The Kier molecular flexibility index (Phi) is 5.14. The minimum Gasteiger partial charge on any atom is -0.440 e.